The highest BCUT2D eigenvalue weighted by Crippen LogP contribution is 2.30. The van der Waals surface area contributed by atoms with Gasteiger partial charge < -0.3 is 20.1 Å². The number of benzene rings is 1. The van der Waals surface area contributed by atoms with E-state index in [-0.39, 0.29) is 18.2 Å². The topological polar surface area (TPSA) is 59.6 Å². The Morgan fingerprint density at radius 1 is 1.30 bits per heavy atom. The molecule has 0 bridgehead atoms. The molecule has 1 heterocycles. The van der Waals surface area contributed by atoms with Crippen LogP contribution in [0.25, 0.3) is 0 Å². The molecule has 3 rings (SSSR count). The zero-order valence-electron chi connectivity index (χ0n) is 11.4. The highest BCUT2D eigenvalue weighted by Gasteiger charge is 2.23. The number of rotatable bonds is 3. The van der Waals surface area contributed by atoms with Gasteiger partial charge >= 0.3 is 6.03 Å². The van der Waals surface area contributed by atoms with Crippen molar-refractivity contribution in [2.75, 3.05) is 26.4 Å². The Kier molecular flexibility index (Phi) is 4.18. The van der Waals surface area contributed by atoms with Crippen LogP contribution < -0.4 is 10.6 Å². The van der Waals surface area contributed by atoms with E-state index in [0.29, 0.717) is 26.4 Å². The molecule has 1 aromatic rings. The Bertz CT molecular complexity index is 472. The van der Waals surface area contributed by atoms with E-state index < -0.39 is 0 Å². The minimum atomic E-state index is -0.138. The third-order valence-electron chi connectivity index (χ3n) is 3.81. The number of urea groups is 1. The molecule has 20 heavy (non-hydrogen) atoms. The van der Waals surface area contributed by atoms with Crippen LogP contribution in [0.15, 0.2) is 24.3 Å². The van der Waals surface area contributed by atoms with Gasteiger partial charge in [0.05, 0.1) is 32.0 Å². The first-order valence-electron chi connectivity index (χ1n) is 7.14. The Hall–Kier alpha value is -1.59. The zero-order valence-corrected chi connectivity index (χ0v) is 11.4. The van der Waals surface area contributed by atoms with E-state index in [0.717, 1.165) is 12.8 Å². The molecule has 0 radical (unpaired) electrons. The van der Waals surface area contributed by atoms with Gasteiger partial charge in [-0.05, 0) is 24.0 Å². The maximum atomic E-state index is 11.9. The zero-order chi connectivity index (χ0) is 13.8. The van der Waals surface area contributed by atoms with Crippen LogP contribution in [0, 0.1) is 0 Å². The number of nitrogens with one attached hydrogen (secondary N) is 2. The number of carbonyl (C=O) groups excluding carboxylic acids is 1. The lowest BCUT2D eigenvalue weighted by Crippen LogP contribution is -2.44. The lowest BCUT2D eigenvalue weighted by molar-refractivity contribution is -0.0853. The predicted molar refractivity (Wildman–Crippen MR) is 74.6 cm³/mol. The van der Waals surface area contributed by atoms with Crippen molar-refractivity contribution in [2.24, 2.45) is 0 Å². The van der Waals surface area contributed by atoms with E-state index in [1.54, 1.807) is 0 Å². The summed E-state index contributed by atoms with van der Waals surface area (Å²) in [5.74, 6) is 0. The molecule has 1 aliphatic carbocycles. The second kappa shape index (κ2) is 6.24. The summed E-state index contributed by atoms with van der Waals surface area (Å²) in [7, 11) is 0. The minimum Gasteiger partial charge on any atom is -0.376 e. The van der Waals surface area contributed by atoms with Crippen molar-refractivity contribution in [3.63, 3.8) is 0 Å². The molecule has 5 nitrogen and oxygen atoms in total. The third kappa shape index (κ3) is 3.11. The monoisotopic (exact) mass is 276 g/mol. The maximum Gasteiger partial charge on any atom is 0.315 e. The molecule has 1 aliphatic heterocycles. The molecule has 1 aromatic carbocycles. The molecule has 0 aromatic heterocycles. The summed E-state index contributed by atoms with van der Waals surface area (Å²) in [6, 6.07) is 8.26. The van der Waals surface area contributed by atoms with Crippen molar-refractivity contribution < 1.29 is 14.3 Å². The van der Waals surface area contributed by atoms with E-state index in [1.807, 2.05) is 12.1 Å². The van der Waals surface area contributed by atoms with E-state index in [4.69, 9.17) is 9.47 Å². The van der Waals surface area contributed by atoms with E-state index >= 15 is 0 Å². The molecule has 0 spiro atoms. The first-order valence-corrected chi connectivity index (χ1v) is 7.14. The Morgan fingerprint density at radius 2 is 2.20 bits per heavy atom. The number of fused-ring (bicyclic) bond motifs is 1. The number of amides is 2. The lowest BCUT2D eigenvalue weighted by Gasteiger charge is -2.23. The van der Waals surface area contributed by atoms with Crippen LogP contribution in [0.1, 0.15) is 23.6 Å². The van der Waals surface area contributed by atoms with Crippen molar-refractivity contribution in [1.82, 2.24) is 10.6 Å². The first kappa shape index (κ1) is 13.4. The summed E-state index contributed by atoms with van der Waals surface area (Å²) in [5, 5.41) is 5.88. The maximum absolute atomic E-state index is 11.9. The number of carbonyl (C=O) groups is 1. The van der Waals surface area contributed by atoms with E-state index in [2.05, 4.69) is 22.8 Å². The summed E-state index contributed by atoms with van der Waals surface area (Å²) in [5.41, 5.74) is 2.57. The van der Waals surface area contributed by atoms with Gasteiger partial charge in [0, 0.05) is 6.54 Å². The fourth-order valence-electron chi connectivity index (χ4n) is 2.78. The molecule has 108 valence electrons. The molecule has 1 fully saturated rings. The average Bonchev–Trinajstić information content (AvgIpc) is 2.90. The summed E-state index contributed by atoms with van der Waals surface area (Å²) in [6.45, 7) is 2.28. The second-order valence-electron chi connectivity index (χ2n) is 5.21. The molecule has 2 atom stereocenters. The third-order valence-corrected chi connectivity index (χ3v) is 3.81. The first-order chi connectivity index (χ1) is 9.83. The minimum absolute atomic E-state index is 0.0367. The quantitative estimate of drug-likeness (QED) is 0.877. The van der Waals surface area contributed by atoms with Crippen molar-refractivity contribution in [1.29, 1.82) is 0 Å². The van der Waals surface area contributed by atoms with Crippen molar-refractivity contribution in [3.05, 3.63) is 35.4 Å². The van der Waals surface area contributed by atoms with Crippen LogP contribution >= 0.6 is 0 Å². The fraction of sp³-hybridized carbons (Fsp3) is 0.533. The molecule has 2 amide bonds. The van der Waals surface area contributed by atoms with Crippen LogP contribution in [0.3, 0.4) is 0 Å². The summed E-state index contributed by atoms with van der Waals surface area (Å²) in [4.78, 5) is 11.9. The highest BCUT2D eigenvalue weighted by atomic mass is 16.6. The normalized spacial score (nSPS) is 25.0. The summed E-state index contributed by atoms with van der Waals surface area (Å²) in [6.07, 6.45) is 1.96. The van der Waals surface area contributed by atoms with Gasteiger partial charge in [-0.15, -0.1) is 0 Å². The van der Waals surface area contributed by atoms with Crippen LogP contribution in [0.4, 0.5) is 4.79 Å². The average molecular weight is 276 g/mol. The Labute approximate surface area is 118 Å². The van der Waals surface area contributed by atoms with Crippen LogP contribution in [0.5, 0.6) is 0 Å². The van der Waals surface area contributed by atoms with Gasteiger partial charge in [0.1, 0.15) is 0 Å². The number of hydrogen-bond donors (Lipinski definition) is 2. The van der Waals surface area contributed by atoms with Crippen LogP contribution in [0.2, 0.25) is 0 Å². The van der Waals surface area contributed by atoms with Gasteiger partial charge in [-0.3, -0.25) is 0 Å². The van der Waals surface area contributed by atoms with Crippen molar-refractivity contribution >= 4 is 6.03 Å². The molecular formula is C15H20N2O3. The summed E-state index contributed by atoms with van der Waals surface area (Å²) >= 11 is 0. The Morgan fingerprint density at radius 3 is 3.05 bits per heavy atom. The van der Waals surface area contributed by atoms with Gasteiger partial charge in [0.25, 0.3) is 0 Å². The lowest BCUT2D eigenvalue weighted by atomic mass is 10.1. The van der Waals surface area contributed by atoms with Gasteiger partial charge in [-0.2, -0.15) is 0 Å². The number of aryl methyl sites for hydroxylation is 1. The molecule has 2 unspecified atom stereocenters. The standard InChI is InChI=1S/C15H20N2O3/c18-15(16-9-12-10-19-7-8-20-12)17-14-6-5-11-3-1-2-4-13(11)14/h1-4,12,14H,5-10H2,(H2,16,17,18). The predicted octanol–water partition coefficient (Wildman–Crippen LogP) is 1.39. The molecule has 2 aliphatic rings. The Balaban J connectivity index is 1.47. The molecular weight excluding hydrogens is 256 g/mol. The van der Waals surface area contributed by atoms with Gasteiger partial charge in [0.2, 0.25) is 0 Å². The van der Waals surface area contributed by atoms with Gasteiger partial charge in [0.15, 0.2) is 0 Å². The molecule has 1 saturated heterocycles. The molecule has 5 heteroatoms. The molecule has 0 saturated carbocycles. The molecule has 2 N–H and O–H groups in total. The van der Waals surface area contributed by atoms with Crippen LogP contribution in [-0.2, 0) is 15.9 Å². The van der Waals surface area contributed by atoms with E-state index in [9.17, 15) is 4.79 Å². The van der Waals surface area contributed by atoms with E-state index in [1.165, 1.54) is 11.1 Å². The van der Waals surface area contributed by atoms with Crippen LogP contribution in [-0.4, -0.2) is 38.5 Å². The summed E-state index contributed by atoms with van der Waals surface area (Å²) < 4.78 is 10.8. The SMILES string of the molecule is O=C(NCC1COCCO1)NC1CCc2ccccc21. The number of ether oxygens (including phenoxy) is 2. The number of hydrogen-bond acceptors (Lipinski definition) is 3. The second-order valence-corrected chi connectivity index (χ2v) is 5.21. The highest BCUT2D eigenvalue weighted by molar-refractivity contribution is 5.74. The van der Waals surface area contributed by atoms with Gasteiger partial charge in [-0.1, -0.05) is 24.3 Å². The van der Waals surface area contributed by atoms with Crippen molar-refractivity contribution in [3.8, 4) is 0 Å². The smallest absolute Gasteiger partial charge is 0.315 e. The van der Waals surface area contributed by atoms with Crippen molar-refractivity contribution in [2.45, 2.75) is 25.0 Å². The largest absolute Gasteiger partial charge is 0.376 e. The van der Waals surface area contributed by atoms with Gasteiger partial charge in [-0.25, -0.2) is 4.79 Å². The fourth-order valence-corrected chi connectivity index (χ4v) is 2.78.